The second kappa shape index (κ2) is 7.08. The third kappa shape index (κ3) is 3.27. The fraction of sp³-hybridized carbons (Fsp3) is 0.0909. The van der Waals surface area contributed by atoms with Gasteiger partial charge in [-0.2, -0.15) is 0 Å². The Kier molecular flexibility index (Phi) is 4.14. The van der Waals surface area contributed by atoms with Crippen molar-refractivity contribution in [3.8, 4) is 0 Å². The summed E-state index contributed by atoms with van der Waals surface area (Å²) in [6.07, 6.45) is 3.39. The molecular weight excluding hydrogens is 348 g/mol. The summed E-state index contributed by atoms with van der Waals surface area (Å²) in [4.78, 5) is 15.7. The molecule has 0 fully saturated rings. The van der Waals surface area contributed by atoms with E-state index in [4.69, 9.17) is 0 Å². The largest absolute Gasteiger partial charge is 0.361 e. The van der Waals surface area contributed by atoms with Gasteiger partial charge in [-0.15, -0.1) is 0 Å². The highest BCUT2D eigenvalue weighted by Crippen LogP contribution is 2.20. The second-order valence-corrected chi connectivity index (χ2v) is 6.72. The first-order chi connectivity index (χ1) is 13.8. The molecule has 0 saturated heterocycles. The van der Waals surface area contributed by atoms with Crippen LogP contribution in [0.5, 0.6) is 0 Å². The van der Waals surface area contributed by atoms with Gasteiger partial charge in [-0.05, 0) is 35.0 Å². The standard InChI is InChI=1S/C22H20N6/c1-3-7-19-15(5-1)11-17(27-19)13-25-21-22(24-10-9-23-21)26-14-18-12-16-6-2-4-8-20(16)28-18/h1-12,27-28H,13-14H2,(H,23,25)(H,24,26). The van der Waals surface area contributed by atoms with Crippen molar-refractivity contribution in [3.63, 3.8) is 0 Å². The van der Waals surface area contributed by atoms with E-state index in [1.54, 1.807) is 12.4 Å². The summed E-state index contributed by atoms with van der Waals surface area (Å²) in [5.41, 5.74) is 4.48. The average molecular weight is 368 g/mol. The number of aromatic nitrogens is 4. The van der Waals surface area contributed by atoms with Gasteiger partial charge in [-0.1, -0.05) is 36.4 Å². The van der Waals surface area contributed by atoms with E-state index in [0.29, 0.717) is 13.1 Å². The zero-order valence-electron chi connectivity index (χ0n) is 15.2. The molecule has 5 aromatic rings. The zero-order chi connectivity index (χ0) is 18.8. The number of aromatic amines is 2. The summed E-state index contributed by atoms with van der Waals surface area (Å²) in [5, 5.41) is 9.16. The molecular formula is C22H20N6. The Bertz CT molecular complexity index is 1070. The highest BCUT2D eigenvalue weighted by Gasteiger charge is 2.07. The molecule has 28 heavy (non-hydrogen) atoms. The summed E-state index contributed by atoms with van der Waals surface area (Å²) >= 11 is 0. The Morgan fingerprint density at radius 3 is 1.57 bits per heavy atom. The summed E-state index contributed by atoms with van der Waals surface area (Å²) < 4.78 is 0. The van der Waals surface area contributed by atoms with Crippen LogP contribution in [-0.2, 0) is 13.1 Å². The maximum atomic E-state index is 4.44. The van der Waals surface area contributed by atoms with Gasteiger partial charge in [0.05, 0.1) is 13.1 Å². The third-order valence-electron chi connectivity index (χ3n) is 4.76. The minimum atomic E-state index is 0.647. The van der Waals surface area contributed by atoms with Crippen LogP contribution in [0.25, 0.3) is 21.8 Å². The van der Waals surface area contributed by atoms with Crippen molar-refractivity contribution < 1.29 is 0 Å². The highest BCUT2D eigenvalue weighted by atomic mass is 15.1. The molecule has 3 aromatic heterocycles. The molecule has 0 bridgehead atoms. The van der Waals surface area contributed by atoms with E-state index in [1.165, 1.54) is 10.8 Å². The van der Waals surface area contributed by atoms with Crippen LogP contribution in [0.1, 0.15) is 11.4 Å². The van der Waals surface area contributed by atoms with Gasteiger partial charge in [0, 0.05) is 34.8 Å². The topological polar surface area (TPSA) is 81.4 Å². The first-order valence-electron chi connectivity index (χ1n) is 9.27. The Hall–Kier alpha value is -3.80. The van der Waals surface area contributed by atoms with Crippen molar-refractivity contribution >= 4 is 33.4 Å². The molecule has 2 aromatic carbocycles. The molecule has 0 spiro atoms. The molecule has 0 aliphatic rings. The highest BCUT2D eigenvalue weighted by molar-refractivity contribution is 5.81. The lowest BCUT2D eigenvalue weighted by atomic mass is 10.2. The van der Waals surface area contributed by atoms with Crippen molar-refractivity contribution in [2.75, 3.05) is 10.6 Å². The summed E-state index contributed by atoms with van der Waals surface area (Å²) in [6, 6.07) is 20.8. The van der Waals surface area contributed by atoms with Crippen LogP contribution in [0, 0.1) is 0 Å². The minimum Gasteiger partial charge on any atom is -0.361 e. The lowest BCUT2D eigenvalue weighted by Crippen LogP contribution is -2.08. The molecule has 0 unspecified atom stereocenters. The van der Waals surface area contributed by atoms with E-state index >= 15 is 0 Å². The smallest absolute Gasteiger partial charge is 0.169 e. The molecule has 5 rings (SSSR count). The number of nitrogens with zero attached hydrogens (tertiary/aromatic N) is 2. The van der Waals surface area contributed by atoms with Crippen molar-refractivity contribution in [3.05, 3.63) is 84.4 Å². The van der Waals surface area contributed by atoms with Crippen LogP contribution in [-0.4, -0.2) is 19.9 Å². The normalized spacial score (nSPS) is 11.1. The Labute approximate surface area is 162 Å². The maximum Gasteiger partial charge on any atom is 0.169 e. The predicted octanol–water partition coefficient (Wildman–Crippen LogP) is 4.66. The van der Waals surface area contributed by atoms with Gasteiger partial charge in [0.25, 0.3) is 0 Å². The number of hydrogen-bond donors (Lipinski definition) is 4. The predicted molar refractivity (Wildman–Crippen MR) is 113 cm³/mol. The molecule has 138 valence electrons. The quantitative estimate of drug-likeness (QED) is 0.351. The van der Waals surface area contributed by atoms with Gasteiger partial charge in [-0.25, -0.2) is 9.97 Å². The maximum absolute atomic E-state index is 4.44. The van der Waals surface area contributed by atoms with Gasteiger partial charge in [0.2, 0.25) is 0 Å². The van der Waals surface area contributed by atoms with E-state index in [0.717, 1.165) is 34.1 Å². The number of fused-ring (bicyclic) bond motifs is 2. The van der Waals surface area contributed by atoms with Crippen molar-refractivity contribution in [1.82, 2.24) is 19.9 Å². The van der Waals surface area contributed by atoms with Crippen molar-refractivity contribution in [1.29, 1.82) is 0 Å². The lowest BCUT2D eigenvalue weighted by molar-refractivity contribution is 1.02. The first kappa shape index (κ1) is 16.4. The number of nitrogens with one attached hydrogen (secondary N) is 4. The molecule has 0 radical (unpaired) electrons. The van der Waals surface area contributed by atoms with Crippen LogP contribution in [0.15, 0.2) is 73.1 Å². The fourth-order valence-corrected chi connectivity index (χ4v) is 3.41. The fourth-order valence-electron chi connectivity index (χ4n) is 3.41. The Morgan fingerprint density at radius 2 is 1.11 bits per heavy atom. The molecule has 0 saturated carbocycles. The zero-order valence-corrected chi connectivity index (χ0v) is 15.2. The molecule has 0 atom stereocenters. The van der Waals surface area contributed by atoms with Gasteiger partial charge < -0.3 is 20.6 Å². The minimum absolute atomic E-state index is 0.647. The van der Waals surface area contributed by atoms with E-state index < -0.39 is 0 Å². The van der Waals surface area contributed by atoms with Gasteiger partial charge in [0.15, 0.2) is 11.6 Å². The van der Waals surface area contributed by atoms with E-state index in [9.17, 15) is 0 Å². The Morgan fingerprint density at radius 1 is 0.643 bits per heavy atom. The molecule has 6 heteroatoms. The molecule has 0 aliphatic carbocycles. The number of rotatable bonds is 6. The average Bonchev–Trinajstić information content (AvgIpc) is 3.34. The van der Waals surface area contributed by atoms with Crippen LogP contribution in [0.4, 0.5) is 11.6 Å². The van der Waals surface area contributed by atoms with Gasteiger partial charge >= 0.3 is 0 Å². The number of para-hydroxylation sites is 2. The number of hydrogen-bond acceptors (Lipinski definition) is 4. The van der Waals surface area contributed by atoms with Gasteiger partial charge in [-0.3, -0.25) is 0 Å². The molecule has 3 heterocycles. The molecule has 0 aliphatic heterocycles. The number of anilines is 2. The molecule has 6 nitrogen and oxygen atoms in total. The Balaban J connectivity index is 1.29. The third-order valence-corrected chi connectivity index (χ3v) is 4.76. The SMILES string of the molecule is c1ccc2[nH]c(CNc3nccnc3NCc3cc4ccccc4[nH]3)cc2c1. The van der Waals surface area contributed by atoms with E-state index in [2.05, 4.69) is 67.0 Å². The van der Waals surface area contributed by atoms with Crippen molar-refractivity contribution in [2.45, 2.75) is 13.1 Å². The molecule has 0 amide bonds. The second-order valence-electron chi connectivity index (χ2n) is 6.72. The van der Waals surface area contributed by atoms with Gasteiger partial charge in [0.1, 0.15) is 0 Å². The molecule has 4 N–H and O–H groups in total. The van der Waals surface area contributed by atoms with E-state index in [1.807, 2.05) is 24.3 Å². The summed E-state index contributed by atoms with van der Waals surface area (Å²) in [5.74, 6) is 1.47. The van der Waals surface area contributed by atoms with Crippen LogP contribution in [0.2, 0.25) is 0 Å². The lowest BCUT2D eigenvalue weighted by Gasteiger charge is -2.10. The number of H-pyrrole nitrogens is 2. The first-order valence-corrected chi connectivity index (χ1v) is 9.27. The monoisotopic (exact) mass is 368 g/mol. The van der Waals surface area contributed by atoms with E-state index in [-0.39, 0.29) is 0 Å². The van der Waals surface area contributed by atoms with Crippen LogP contribution in [0.3, 0.4) is 0 Å². The number of benzene rings is 2. The van der Waals surface area contributed by atoms with Crippen LogP contribution >= 0.6 is 0 Å². The van der Waals surface area contributed by atoms with Crippen molar-refractivity contribution in [2.24, 2.45) is 0 Å². The summed E-state index contributed by atoms with van der Waals surface area (Å²) in [7, 11) is 0. The van der Waals surface area contributed by atoms with Crippen LogP contribution < -0.4 is 10.6 Å². The summed E-state index contributed by atoms with van der Waals surface area (Å²) in [6.45, 7) is 1.29.